The third-order valence-electron chi connectivity index (χ3n) is 5.91. The van der Waals surface area contributed by atoms with Gasteiger partial charge in [-0.25, -0.2) is 0 Å². The summed E-state index contributed by atoms with van der Waals surface area (Å²) in [4.78, 5) is 31.7. The van der Waals surface area contributed by atoms with Gasteiger partial charge in [-0.15, -0.1) is 0 Å². The summed E-state index contributed by atoms with van der Waals surface area (Å²) >= 11 is 0. The van der Waals surface area contributed by atoms with Gasteiger partial charge in [0, 0.05) is 38.9 Å². The van der Waals surface area contributed by atoms with Gasteiger partial charge in [-0.3, -0.25) is 19.6 Å². The molecule has 2 saturated heterocycles. The summed E-state index contributed by atoms with van der Waals surface area (Å²) in [6.07, 6.45) is 5.54. The van der Waals surface area contributed by atoms with E-state index in [0.29, 0.717) is 31.6 Å². The Morgan fingerprint density at radius 1 is 1.29 bits per heavy atom. The minimum Gasteiger partial charge on any atom is -0.340 e. The van der Waals surface area contributed by atoms with Crippen molar-refractivity contribution in [1.29, 1.82) is 0 Å². The monoisotopic (exact) mass is 331 g/mol. The minimum atomic E-state index is -0.419. The second kappa shape index (κ2) is 5.88. The van der Waals surface area contributed by atoms with Gasteiger partial charge in [-0.05, 0) is 44.7 Å². The Morgan fingerprint density at radius 2 is 2.04 bits per heavy atom. The Hall–Kier alpha value is -1.89. The summed E-state index contributed by atoms with van der Waals surface area (Å²) < 4.78 is 0. The van der Waals surface area contributed by atoms with E-state index in [-0.39, 0.29) is 11.8 Å². The molecule has 0 aromatic carbocycles. The highest BCUT2D eigenvalue weighted by atomic mass is 16.2. The normalized spacial score (nSPS) is 24.6. The molecule has 7 nitrogen and oxygen atoms in total. The van der Waals surface area contributed by atoms with Crippen LogP contribution in [0.5, 0.6) is 0 Å². The number of piperazine rings is 1. The molecule has 2 aliphatic heterocycles. The van der Waals surface area contributed by atoms with Crippen LogP contribution in [0, 0.1) is 5.92 Å². The van der Waals surface area contributed by atoms with E-state index >= 15 is 0 Å². The lowest BCUT2D eigenvalue weighted by Gasteiger charge is -2.51. The van der Waals surface area contributed by atoms with Crippen LogP contribution in [-0.4, -0.2) is 82.0 Å². The van der Waals surface area contributed by atoms with E-state index in [4.69, 9.17) is 0 Å². The molecule has 1 saturated carbocycles. The van der Waals surface area contributed by atoms with Crippen molar-refractivity contribution in [2.45, 2.75) is 31.2 Å². The molecule has 0 atom stereocenters. The first-order valence-electron chi connectivity index (χ1n) is 8.89. The van der Waals surface area contributed by atoms with E-state index < -0.39 is 5.54 Å². The van der Waals surface area contributed by atoms with Crippen LogP contribution < -0.4 is 0 Å². The number of likely N-dealkylation sites (N-methyl/N-ethyl adjacent to an activating group) is 1. The Labute approximate surface area is 142 Å². The second-order valence-corrected chi connectivity index (χ2v) is 7.41. The van der Waals surface area contributed by atoms with Crippen molar-refractivity contribution < 1.29 is 9.59 Å². The van der Waals surface area contributed by atoms with E-state index in [1.807, 2.05) is 4.90 Å². The van der Waals surface area contributed by atoms with Crippen LogP contribution >= 0.6 is 0 Å². The average molecular weight is 331 g/mol. The molecule has 3 fully saturated rings. The molecule has 1 spiro atoms. The Morgan fingerprint density at radius 3 is 2.67 bits per heavy atom. The molecule has 24 heavy (non-hydrogen) atoms. The number of carbonyl (C=O) groups excluding carboxylic acids is 2. The SMILES string of the molecule is CN1CCN(CC2CC2)C(=O)C12CCN(C(=O)c1ccn[nH]1)CC2. The number of H-pyrrole nitrogens is 1. The van der Waals surface area contributed by atoms with Crippen molar-refractivity contribution in [3.63, 3.8) is 0 Å². The zero-order chi connectivity index (χ0) is 16.7. The number of likely N-dealkylation sites (tertiary alicyclic amines) is 1. The number of aromatic amines is 1. The molecule has 1 aromatic heterocycles. The molecule has 0 radical (unpaired) electrons. The predicted octanol–water partition coefficient (Wildman–Crippen LogP) is 0.569. The van der Waals surface area contributed by atoms with Crippen LogP contribution in [0.1, 0.15) is 36.2 Å². The highest BCUT2D eigenvalue weighted by Gasteiger charge is 2.50. The van der Waals surface area contributed by atoms with Gasteiger partial charge in [0.2, 0.25) is 5.91 Å². The average Bonchev–Trinajstić information content (AvgIpc) is 3.25. The number of hydrogen-bond donors (Lipinski definition) is 1. The molecular formula is C17H25N5O2. The predicted molar refractivity (Wildman–Crippen MR) is 88.4 cm³/mol. The number of aromatic nitrogens is 2. The second-order valence-electron chi connectivity index (χ2n) is 7.41. The van der Waals surface area contributed by atoms with E-state index in [1.54, 1.807) is 12.3 Å². The lowest BCUT2D eigenvalue weighted by molar-refractivity contribution is -0.154. The van der Waals surface area contributed by atoms with Crippen molar-refractivity contribution in [2.24, 2.45) is 5.92 Å². The Bertz CT molecular complexity index is 617. The summed E-state index contributed by atoms with van der Waals surface area (Å²) in [5.41, 5.74) is 0.0994. The maximum atomic E-state index is 13.1. The smallest absolute Gasteiger partial charge is 0.271 e. The summed E-state index contributed by atoms with van der Waals surface area (Å²) in [5.74, 6) is 0.969. The highest BCUT2D eigenvalue weighted by molar-refractivity contribution is 5.93. The zero-order valence-corrected chi connectivity index (χ0v) is 14.2. The van der Waals surface area contributed by atoms with E-state index in [1.165, 1.54) is 12.8 Å². The number of hydrogen-bond acceptors (Lipinski definition) is 4. The quantitative estimate of drug-likeness (QED) is 0.879. The van der Waals surface area contributed by atoms with Crippen LogP contribution in [0.15, 0.2) is 12.3 Å². The van der Waals surface area contributed by atoms with E-state index in [0.717, 1.165) is 25.6 Å². The number of nitrogens with one attached hydrogen (secondary N) is 1. The fraction of sp³-hybridized carbons (Fsp3) is 0.706. The molecule has 0 bridgehead atoms. The standard InChI is InChI=1S/C17H25N5O2/c1-20-10-11-22(12-13-2-3-13)16(24)17(20)5-8-21(9-6-17)15(23)14-4-7-18-19-14/h4,7,13H,2-3,5-6,8-12H2,1H3,(H,18,19). The van der Waals surface area contributed by atoms with Gasteiger partial charge in [0.15, 0.2) is 0 Å². The van der Waals surface area contributed by atoms with Crippen molar-refractivity contribution in [1.82, 2.24) is 24.9 Å². The van der Waals surface area contributed by atoms with Crippen LogP contribution in [0.25, 0.3) is 0 Å². The van der Waals surface area contributed by atoms with E-state index in [2.05, 4.69) is 27.0 Å². The minimum absolute atomic E-state index is 0.0249. The summed E-state index contributed by atoms with van der Waals surface area (Å²) in [7, 11) is 2.05. The molecule has 1 aliphatic carbocycles. The lowest BCUT2D eigenvalue weighted by atomic mass is 9.82. The molecule has 1 aromatic rings. The van der Waals surface area contributed by atoms with Gasteiger partial charge in [-0.1, -0.05) is 0 Å². The molecule has 3 heterocycles. The summed E-state index contributed by atoms with van der Waals surface area (Å²) in [5, 5.41) is 6.58. The van der Waals surface area contributed by atoms with Gasteiger partial charge in [0.1, 0.15) is 11.2 Å². The van der Waals surface area contributed by atoms with Crippen molar-refractivity contribution >= 4 is 11.8 Å². The van der Waals surface area contributed by atoms with Crippen molar-refractivity contribution in [2.75, 3.05) is 39.8 Å². The molecule has 4 rings (SSSR count). The third kappa shape index (κ3) is 2.60. The van der Waals surface area contributed by atoms with Crippen LogP contribution in [0.2, 0.25) is 0 Å². The van der Waals surface area contributed by atoms with Gasteiger partial charge in [0.05, 0.1) is 0 Å². The summed E-state index contributed by atoms with van der Waals surface area (Å²) in [6.45, 7) is 3.92. The van der Waals surface area contributed by atoms with Gasteiger partial charge in [0.25, 0.3) is 5.91 Å². The molecule has 1 N–H and O–H groups in total. The highest BCUT2D eigenvalue weighted by Crippen LogP contribution is 2.36. The fourth-order valence-electron chi connectivity index (χ4n) is 4.05. The largest absolute Gasteiger partial charge is 0.340 e. The first-order valence-corrected chi connectivity index (χ1v) is 8.89. The Balaban J connectivity index is 1.45. The first kappa shape index (κ1) is 15.6. The number of carbonyl (C=O) groups is 2. The summed E-state index contributed by atoms with van der Waals surface area (Å²) in [6, 6.07) is 1.70. The molecule has 130 valence electrons. The van der Waals surface area contributed by atoms with Gasteiger partial charge >= 0.3 is 0 Å². The topological polar surface area (TPSA) is 72.5 Å². The third-order valence-corrected chi connectivity index (χ3v) is 5.91. The number of nitrogens with zero attached hydrogens (tertiary/aromatic N) is 4. The maximum absolute atomic E-state index is 13.1. The molecule has 0 unspecified atom stereocenters. The van der Waals surface area contributed by atoms with Crippen LogP contribution in [0.4, 0.5) is 0 Å². The van der Waals surface area contributed by atoms with Crippen LogP contribution in [-0.2, 0) is 4.79 Å². The maximum Gasteiger partial charge on any atom is 0.271 e. The van der Waals surface area contributed by atoms with Crippen LogP contribution in [0.3, 0.4) is 0 Å². The van der Waals surface area contributed by atoms with Gasteiger partial charge in [-0.2, -0.15) is 5.10 Å². The van der Waals surface area contributed by atoms with Crippen molar-refractivity contribution in [3.8, 4) is 0 Å². The molecule has 7 heteroatoms. The van der Waals surface area contributed by atoms with Gasteiger partial charge < -0.3 is 9.80 Å². The fourth-order valence-corrected chi connectivity index (χ4v) is 4.05. The number of rotatable bonds is 3. The molecule has 3 aliphatic rings. The Kier molecular flexibility index (Phi) is 3.83. The lowest BCUT2D eigenvalue weighted by Crippen LogP contribution is -2.68. The molecule has 2 amide bonds. The zero-order valence-electron chi connectivity index (χ0n) is 14.2. The first-order chi connectivity index (χ1) is 11.6. The van der Waals surface area contributed by atoms with Crippen molar-refractivity contribution in [3.05, 3.63) is 18.0 Å². The number of amides is 2. The van der Waals surface area contributed by atoms with E-state index in [9.17, 15) is 9.59 Å². The number of piperidine rings is 1. The molecular weight excluding hydrogens is 306 g/mol.